The van der Waals surface area contributed by atoms with E-state index in [1.54, 1.807) is 13.2 Å². The monoisotopic (exact) mass is 268 g/mol. The highest BCUT2D eigenvalue weighted by Gasteiger charge is 2.03. The summed E-state index contributed by atoms with van der Waals surface area (Å²) in [5, 5.41) is 14.1. The molecule has 102 valence electrons. The first kappa shape index (κ1) is 12.4. The first-order chi connectivity index (χ1) is 9.76. The van der Waals surface area contributed by atoms with Crippen molar-refractivity contribution >= 4 is 16.6 Å². The summed E-state index contributed by atoms with van der Waals surface area (Å²) in [4.78, 5) is 3.17. The van der Waals surface area contributed by atoms with Crippen LogP contribution in [-0.4, -0.2) is 17.2 Å². The van der Waals surface area contributed by atoms with Crippen molar-refractivity contribution in [1.29, 1.82) is 0 Å². The lowest BCUT2D eigenvalue weighted by molar-refractivity contribution is 0.373. The summed E-state index contributed by atoms with van der Waals surface area (Å²) in [6, 6.07) is 13.6. The van der Waals surface area contributed by atoms with Crippen molar-refractivity contribution in [2.45, 2.75) is 6.54 Å². The molecule has 0 fully saturated rings. The summed E-state index contributed by atoms with van der Waals surface area (Å²) in [6.07, 6.45) is 1.93. The van der Waals surface area contributed by atoms with Gasteiger partial charge in [-0.15, -0.1) is 0 Å². The van der Waals surface area contributed by atoms with E-state index < -0.39 is 0 Å². The highest BCUT2D eigenvalue weighted by molar-refractivity contribution is 5.82. The standard InChI is InChI=1S/C16H16N2O2/c1-20-16-8-11(2-5-15(16)19)10-18-13-3-4-14-12(9-13)6-7-17-14/h2-9,17-19H,10H2,1H3. The minimum absolute atomic E-state index is 0.157. The first-order valence-electron chi connectivity index (χ1n) is 6.43. The number of benzene rings is 2. The van der Waals surface area contributed by atoms with Crippen molar-refractivity contribution in [3.8, 4) is 11.5 Å². The zero-order valence-electron chi connectivity index (χ0n) is 11.2. The van der Waals surface area contributed by atoms with Crippen molar-refractivity contribution in [3.05, 3.63) is 54.2 Å². The van der Waals surface area contributed by atoms with E-state index in [1.807, 2.05) is 30.5 Å². The van der Waals surface area contributed by atoms with E-state index in [1.165, 1.54) is 5.39 Å². The molecule has 0 saturated heterocycles. The van der Waals surface area contributed by atoms with Gasteiger partial charge in [-0.3, -0.25) is 0 Å². The number of aromatic hydroxyl groups is 1. The van der Waals surface area contributed by atoms with Crippen LogP contribution in [0.3, 0.4) is 0 Å². The molecule has 2 aromatic carbocycles. The fraction of sp³-hybridized carbons (Fsp3) is 0.125. The maximum atomic E-state index is 9.57. The van der Waals surface area contributed by atoms with Crippen LogP contribution in [0.5, 0.6) is 11.5 Å². The maximum Gasteiger partial charge on any atom is 0.160 e. The number of phenols is 1. The van der Waals surface area contributed by atoms with Crippen LogP contribution in [0.25, 0.3) is 10.9 Å². The zero-order chi connectivity index (χ0) is 13.9. The molecule has 0 saturated carbocycles. The highest BCUT2D eigenvalue weighted by Crippen LogP contribution is 2.26. The number of nitrogens with one attached hydrogen (secondary N) is 2. The third-order valence-electron chi connectivity index (χ3n) is 3.29. The number of ether oxygens (including phenoxy) is 1. The minimum Gasteiger partial charge on any atom is -0.504 e. The van der Waals surface area contributed by atoms with Crippen molar-refractivity contribution in [1.82, 2.24) is 4.98 Å². The van der Waals surface area contributed by atoms with Crippen LogP contribution < -0.4 is 10.1 Å². The molecule has 3 N–H and O–H groups in total. The van der Waals surface area contributed by atoms with Crippen molar-refractivity contribution in [2.24, 2.45) is 0 Å². The lowest BCUT2D eigenvalue weighted by atomic mass is 10.2. The van der Waals surface area contributed by atoms with Gasteiger partial charge in [-0.05, 0) is 42.0 Å². The Kier molecular flexibility index (Phi) is 3.21. The van der Waals surface area contributed by atoms with Gasteiger partial charge in [0, 0.05) is 29.3 Å². The van der Waals surface area contributed by atoms with Crippen LogP contribution in [0.2, 0.25) is 0 Å². The summed E-state index contributed by atoms with van der Waals surface area (Å²) in [5.41, 5.74) is 3.24. The molecule has 0 atom stereocenters. The number of rotatable bonds is 4. The summed E-state index contributed by atoms with van der Waals surface area (Å²) < 4.78 is 5.10. The second-order valence-corrected chi connectivity index (χ2v) is 4.64. The van der Waals surface area contributed by atoms with Crippen molar-refractivity contribution in [2.75, 3.05) is 12.4 Å². The number of hydrogen-bond donors (Lipinski definition) is 3. The fourth-order valence-corrected chi connectivity index (χ4v) is 2.20. The highest BCUT2D eigenvalue weighted by atomic mass is 16.5. The molecular weight excluding hydrogens is 252 g/mol. The number of hydrogen-bond acceptors (Lipinski definition) is 3. The van der Waals surface area contributed by atoms with Gasteiger partial charge >= 0.3 is 0 Å². The lowest BCUT2D eigenvalue weighted by Crippen LogP contribution is -1.99. The van der Waals surface area contributed by atoms with Crippen molar-refractivity contribution in [3.63, 3.8) is 0 Å². The van der Waals surface area contributed by atoms with Gasteiger partial charge in [-0.25, -0.2) is 0 Å². The number of anilines is 1. The minimum atomic E-state index is 0.157. The van der Waals surface area contributed by atoms with E-state index in [-0.39, 0.29) is 5.75 Å². The second-order valence-electron chi connectivity index (χ2n) is 4.64. The van der Waals surface area contributed by atoms with Gasteiger partial charge in [0.2, 0.25) is 0 Å². The molecule has 0 amide bonds. The Balaban J connectivity index is 1.75. The molecule has 4 nitrogen and oxygen atoms in total. The Bertz CT molecular complexity index is 734. The van der Waals surface area contributed by atoms with Gasteiger partial charge in [0.05, 0.1) is 7.11 Å². The summed E-state index contributed by atoms with van der Waals surface area (Å²) in [7, 11) is 1.55. The molecule has 20 heavy (non-hydrogen) atoms. The van der Waals surface area contributed by atoms with Crippen LogP contribution >= 0.6 is 0 Å². The predicted octanol–water partition coefficient (Wildman–Crippen LogP) is 3.49. The number of methoxy groups -OCH3 is 1. The Morgan fingerprint density at radius 2 is 2.05 bits per heavy atom. The van der Waals surface area contributed by atoms with Gasteiger partial charge in [-0.2, -0.15) is 0 Å². The van der Waals surface area contributed by atoms with E-state index >= 15 is 0 Å². The number of aromatic amines is 1. The SMILES string of the molecule is COc1cc(CNc2ccc3[nH]ccc3c2)ccc1O. The van der Waals surface area contributed by atoms with Gasteiger partial charge in [-0.1, -0.05) is 6.07 Å². The number of H-pyrrole nitrogens is 1. The molecule has 0 unspecified atom stereocenters. The Morgan fingerprint density at radius 3 is 2.90 bits per heavy atom. The van der Waals surface area contributed by atoms with Crippen LogP contribution in [-0.2, 0) is 6.54 Å². The van der Waals surface area contributed by atoms with E-state index in [9.17, 15) is 5.11 Å². The van der Waals surface area contributed by atoms with Gasteiger partial charge in [0.15, 0.2) is 11.5 Å². The summed E-state index contributed by atoms with van der Waals surface area (Å²) in [5.74, 6) is 0.648. The Morgan fingerprint density at radius 1 is 1.15 bits per heavy atom. The predicted molar refractivity (Wildman–Crippen MR) is 80.3 cm³/mol. The smallest absolute Gasteiger partial charge is 0.160 e. The van der Waals surface area contributed by atoms with Crippen LogP contribution in [0.15, 0.2) is 48.7 Å². The van der Waals surface area contributed by atoms with E-state index in [0.717, 1.165) is 16.8 Å². The fourth-order valence-electron chi connectivity index (χ4n) is 2.20. The Labute approximate surface area is 117 Å². The van der Waals surface area contributed by atoms with E-state index in [4.69, 9.17) is 4.74 Å². The van der Waals surface area contributed by atoms with Crippen LogP contribution in [0, 0.1) is 0 Å². The molecule has 4 heteroatoms. The lowest BCUT2D eigenvalue weighted by Gasteiger charge is -2.09. The van der Waals surface area contributed by atoms with Crippen LogP contribution in [0.4, 0.5) is 5.69 Å². The average Bonchev–Trinajstić information content (AvgIpc) is 2.94. The average molecular weight is 268 g/mol. The van der Waals surface area contributed by atoms with Crippen LogP contribution in [0.1, 0.15) is 5.56 Å². The second kappa shape index (κ2) is 5.17. The largest absolute Gasteiger partial charge is 0.504 e. The molecule has 0 spiro atoms. The van der Waals surface area contributed by atoms with Gasteiger partial charge < -0.3 is 20.1 Å². The van der Waals surface area contributed by atoms with Gasteiger partial charge in [0.25, 0.3) is 0 Å². The number of phenolic OH excluding ortho intramolecular Hbond substituents is 1. The number of fused-ring (bicyclic) bond motifs is 1. The normalized spacial score (nSPS) is 10.7. The molecule has 0 radical (unpaired) electrons. The van der Waals surface area contributed by atoms with E-state index in [0.29, 0.717) is 12.3 Å². The van der Waals surface area contributed by atoms with Crippen molar-refractivity contribution < 1.29 is 9.84 Å². The zero-order valence-corrected chi connectivity index (χ0v) is 11.2. The molecule has 0 aliphatic carbocycles. The summed E-state index contributed by atoms with van der Waals surface area (Å²) >= 11 is 0. The molecule has 1 heterocycles. The quantitative estimate of drug-likeness (QED) is 0.679. The first-order valence-corrected chi connectivity index (χ1v) is 6.43. The molecular formula is C16H16N2O2. The third kappa shape index (κ3) is 2.40. The summed E-state index contributed by atoms with van der Waals surface area (Å²) in [6.45, 7) is 0.673. The molecule has 0 aliphatic rings. The topological polar surface area (TPSA) is 57.3 Å². The van der Waals surface area contributed by atoms with E-state index in [2.05, 4.69) is 22.4 Å². The maximum absolute atomic E-state index is 9.57. The molecule has 0 bridgehead atoms. The molecule has 3 aromatic rings. The molecule has 0 aliphatic heterocycles. The third-order valence-corrected chi connectivity index (χ3v) is 3.29. The molecule has 3 rings (SSSR count). The molecule has 1 aromatic heterocycles. The number of aromatic nitrogens is 1. The Hall–Kier alpha value is -2.62. The van der Waals surface area contributed by atoms with Gasteiger partial charge in [0.1, 0.15) is 0 Å².